The van der Waals surface area contributed by atoms with E-state index in [1.54, 1.807) is 0 Å². The molecule has 0 aliphatic rings. The van der Waals surface area contributed by atoms with Crippen LogP contribution in [0.5, 0.6) is 0 Å². The fourth-order valence-corrected chi connectivity index (χ4v) is 2.43. The van der Waals surface area contributed by atoms with Crippen LogP contribution >= 0.6 is 0 Å². The molecule has 0 fully saturated rings. The molecule has 0 spiro atoms. The predicted molar refractivity (Wildman–Crippen MR) is 58.0 cm³/mol. The SMILES string of the molecule is CCCC[O][Al]([CH2]C)[O]CCCC. The van der Waals surface area contributed by atoms with Gasteiger partial charge in [0, 0.05) is 13.2 Å². The summed E-state index contributed by atoms with van der Waals surface area (Å²) in [6.07, 6.45) is 4.75. The zero-order valence-corrected chi connectivity index (χ0v) is 10.5. The highest BCUT2D eigenvalue weighted by atomic mass is 27.2. The third-order valence-electron chi connectivity index (χ3n) is 1.94. The van der Waals surface area contributed by atoms with E-state index in [9.17, 15) is 0 Å². The molecule has 0 saturated carbocycles. The highest BCUT2D eigenvalue weighted by molar-refractivity contribution is 6.44. The van der Waals surface area contributed by atoms with E-state index in [1.807, 2.05) is 0 Å². The van der Waals surface area contributed by atoms with Gasteiger partial charge in [0.25, 0.3) is 0 Å². The number of hydrogen-bond acceptors (Lipinski definition) is 2. The summed E-state index contributed by atoms with van der Waals surface area (Å²) in [5, 5.41) is 1.09. The van der Waals surface area contributed by atoms with E-state index in [-0.39, 0.29) is 0 Å². The maximum absolute atomic E-state index is 5.69. The first kappa shape index (κ1) is 13.5. The maximum atomic E-state index is 5.69. The molecule has 0 amide bonds. The molecule has 0 unspecified atom stereocenters. The van der Waals surface area contributed by atoms with E-state index in [1.165, 1.54) is 25.7 Å². The third kappa shape index (κ3) is 8.77. The van der Waals surface area contributed by atoms with Gasteiger partial charge in [-0.15, -0.1) is 0 Å². The molecule has 0 atom stereocenters. The Morgan fingerprint density at radius 2 is 1.31 bits per heavy atom. The summed E-state index contributed by atoms with van der Waals surface area (Å²) in [5.74, 6) is 0. The number of unbranched alkanes of at least 4 members (excludes halogenated alkanes) is 2. The van der Waals surface area contributed by atoms with E-state index < -0.39 is 14.8 Å². The van der Waals surface area contributed by atoms with Crippen LogP contribution in [0, 0.1) is 0 Å². The van der Waals surface area contributed by atoms with Crippen molar-refractivity contribution < 1.29 is 7.58 Å². The fraction of sp³-hybridized carbons (Fsp3) is 1.00. The van der Waals surface area contributed by atoms with Crippen molar-refractivity contribution in [2.24, 2.45) is 0 Å². The smallest absolute Gasteiger partial charge is 0.478 e. The van der Waals surface area contributed by atoms with Crippen molar-refractivity contribution in [3.05, 3.63) is 0 Å². The molecule has 0 bridgehead atoms. The Hall–Kier alpha value is 0.452. The molecular formula is C10H23AlO2. The van der Waals surface area contributed by atoms with Crippen molar-refractivity contribution in [1.29, 1.82) is 0 Å². The molecule has 0 radical (unpaired) electrons. The van der Waals surface area contributed by atoms with Crippen LogP contribution in [-0.2, 0) is 7.58 Å². The van der Waals surface area contributed by atoms with E-state index in [4.69, 9.17) is 7.58 Å². The van der Waals surface area contributed by atoms with Gasteiger partial charge in [-0.1, -0.05) is 33.6 Å². The number of hydrogen-bond donors (Lipinski definition) is 0. The average Bonchev–Trinajstić information content (AvgIpc) is 2.16. The van der Waals surface area contributed by atoms with Gasteiger partial charge in [0.2, 0.25) is 0 Å². The van der Waals surface area contributed by atoms with Gasteiger partial charge >= 0.3 is 14.8 Å². The molecule has 13 heavy (non-hydrogen) atoms. The predicted octanol–water partition coefficient (Wildman–Crippen LogP) is 3.13. The third-order valence-corrected chi connectivity index (χ3v) is 3.82. The molecule has 0 heterocycles. The minimum absolute atomic E-state index is 0.896. The summed E-state index contributed by atoms with van der Waals surface area (Å²) in [7, 11) is 0. The standard InChI is InChI=1S/2C4H9O.C2H5.Al/c2*1-2-3-4-5;1-2;/h2*2-4H2,1H3;1H2,2H3;/q2*-1;;+2. The van der Waals surface area contributed by atoms with Crippen molar-refractivity contribution in [3.63, 3.8) is 0 Å². The summed E-state index contributed by atoms with van der Waals surface area (Å²) in [5.41, 5.74) is 0. The second kappa shape index (κ2) is 10.5. The summed E-state index contributed by atoms with van der Waals surface area (Å²) >= 11 is -1.28. The molecule has 0 N–H and O–H groups in total. The first-order valence-corrected chi connectivity index (χ1v) is 7.34. The Labute approximate surface area is 87.7 Å². The number of rotatable bonds is 9. The lowest BCUT2D eigenvalue weighted by Gasteiger charge is -2.11. The first-order valence-electron chi connectivity index (χ1n) is 5.58. The topological polar surface area (TPSA) is 18.5 Å². The van der Waals surface area contributed by atoms with Crippen LogP contribution in [0.15, 0.2) is 0 Å². The minimum atomic E-state index is -1.28. The van der Waals surface area contributed by atoms with Gasteiger partial charge in [0.15, 0.2) is 0 Å². The molecule has 0 rings (SSSR count). The van der Waals surface area contributed by atoms with Gasteiger partial charge < -0.3 is 7.58 Å². The van der Waals surface area contributed by atoms with Crippen LogP contribution in [0.25, 0.3) is 0 Å². The van der Waals surface area contributed by atoms with Gasteiger partial charge in [0.05, 0.1) is 0 Å². The Morgan fingerprint density at radius 3 is 1.62 bits per heavy atom. The van der Waals surface area contributed by atoms with E-state index in [2.05, 4.69) is 20.8 Å². The Bertz CT molecular complexity index is 88.9. The Morgan fingerprint density at radius 1 is 0.846 bits per heavy atom. The van der Waals surface area contributed by atoms with Gasteiger partial charge in [-0.05, 0) is 18.1 Å². The monoisotopic (exact) mass is 202 g/mol. The average molecular weight is 202 g/mol. The maximum Gasteiger partial charge on any atom is 0.674 e. The first-order chi connectivity index (χ1) is 6.35. The van der Waals surface area contributed by atoms with Crippen molar-refractivity contribution in [2.75, 3.05) is 13.2 Å². The van der Waals surface area contributed by atoms with Crippen LogP contribution in [-0.4, -0.2) is 28.0 Å². The van der Waals surface area contributed by atoms with Crippen molar-refractivity contribution in [2.45, 2.75) is 51.7 Å². The summed E-state index contributed by atoms with van der Waals surface area (Å²) in [4.78, 5) is 0. The molecule has 0 saturated heterocycles. The molecular weight excluding hydrogens is 179 g/mol. The van der Waals surface area contributed by atoms with Crippen LogP contribution < -0.4 is 0 Å². The molecule has 0 aromatic heterocycles. The zero-order chi connectivity index (χ0) is 9.94. The Kier molecular flexibility index (Phi) is 10.9. The lowest BCUT2D eigenvalue weighted by molar-refractivity contribution is 0.192. The summed E-state index contributed by atoms with van der Waals surface area (Å²) in [6.45, 7) is 8.32. The molecule has 2 nitrogen and oxygen atoms in total. The Balaban J connectivity index is 3.28. The van der Waals surface area contributed by atoms with Crippen molar-refractivity contribution in [3.8, 4) is 0 Å². The van der Waals surface area contributed by atoms with E-state index in [0.717, 1.165) is 18.5 Å². The van der Waals surface area contributed by atoms with Crippen LogP contribution in [0.4, 0.5) is 0 Å². The summed E-state index contributed by atoms with van der Waals surface area (Å²) < 4.78 is 11.4. The lowest BCUT2D eigenvalue weighted by Crippen LogP contribution is -2.22. The van der Waals surface area contributed by atoms with Crippen molar-refractivity contribution >= 4 is 14.8 Å². The van der Waals surface area contributed by atoms with Gasteiger partial charge in [-0.2, -0.15) is 0 Å². The second-order valence-corrected chi connectivity index (χ2v) is 5.63. The van der Waals surface area contributed by atoms with E-state index >= 15 is 0 Å². The van der Waals surface area contributed by atoms with Gasteiger partial charge in [0.1, 0.15) is 0 Å². The van der Waals surface area contributed by atoms with Crippen LogP contribution in [0.2, 0.25) is 5.28 Å². The molecule has 0 aromatic rings. The minimum Gasteiger partial charge on any atom is -0.478 e. The van der Waals surface area contributed by atoms with Crippen LogP contribution in [0.1, 0.15) is 46.5 Å². The van der Waals surface area contributed by atoms with Crippen molar-refractivity contribution in [1.82, 2.24) is 0 Å². The molecule has 0 aliphatic carbocycles. The van der Waals surface area contributed by atoms with Gasteiger partial charge in [-0.3, -0.25) is 0 Å². The van der Waals surface area contributed by atoms with Crippen LogP contribution in [0.3, 0.4) is 0 Å². The highest BCUT2D eigenvalue weighted by Gasteiger charge is 2.21. The summed E-state index contributed by atoms with van der Waals surface area (Å²) in [6, 6.07) is 0. The fourth-order valence-electron chi connectivity index (χ4n) is 1.00. The molecule has 0 aliphatic heterocycles. The quantitative estimate of drug-likeness (QED) is 0.422. The largest absolute Gasteiger partial charge is 0.674 e. The van der Waals surface area contributed by atoms with Gasteiger partial charge in [-0.25, -0.2) is 0 Å². The molecule has 0 aromatic carbocycles. The van der Waals surface area contributed by atoms with E-state index in [0.29, 0.717) is 0 Å². The second-order valence-electron chi connectivity index (χ2n) is 3.29. The molecule has 3 heteroatoms. The normalized spacial score (nSPS) is 10.4. The highest BCUT2D eigenvalue weighted by Crippen LogP contribution is 2.00. The lowest BCUT2D eigenvalue weighted by atomic mass is 10.4. The molecule has 78 valence electrons. The zero-order valence-electron chi connectivity index (χ0n) is 9.34.